The molecule has 2 aromatic heterocycles. The number of ether oxygens (including phenoxy) is 2. The fourth-order valence-corrected chi connectivity index (χ4v) is 3.78. The summed E-state index contributed by atoms with van der Waals surface area (Å²) in [5, 5.41) is 4.49. The Labute approximate surface area is 130 Å². The second kappa shape index (κ2) is 3.79. The van der Waals surface area contributed by atoms with E-state index in [0.29, 0.717) is 0 Å². The smallest absolute Gasteiger partial charge is 0.231 e. The quantitative estimate of drug-likeness (QED) is 0.436. The summed E-state index contributed by atoms with van der Waals surface area (Å²) in [7, 11) is 0. The number of aromatic amines is 2. The van der Waals surface area contributed by atoms with Crippen molar-refractivity contribution in [2.24, 2.45) is 0 Å². The van der Waals surface area contributed by atoms with Crippen LogP contribution in [0.3, 0.4) is 0 Å². The molecule has 1 aliphatic rings. The van der Waals surface area contributed by atoms with Crippen LogP contribution in [0.2, 0.25) is 0 Å². The van der Waals surface area contributed by atoms with Gasteiger partial charge in [-0.1, -0.05) is 36.4 Å². The lowest BCUT2D eigenvalue weighted by Crippen LogP contribution is -1.93. The number of hydrogen-bond acceptors (Lipinski definition) is 2. The molecule has 0 atom stereocenters. The third-order valence-electron chi connectivity index (χ3n) is 4.73. The first-order valence-corrected chi connectivity index (χ1v) is 7.64. The molecule has 4 heteroatoms. The molecule has 5 aromatic rings. The van der Waals surface area contributed by atoms with Gasteiger partial charge in [0, 0.05) is 21.8 Å². The summed E-state index contributed by atoms with van der Waals surface area (Å²) in [5.74, 6) is 1.68. The number of H-pyrrole nitrogens is 2. The maximum Gasteiger partial charge on any atom is 0.231 e. The van der Waals surface area contributed by atoms with Gasteiger partial charge in [0.1, 0.15) is 0 Å². The molecule has 0 aliphatic carbocycles. The summed E-state index contributed by atoms with van der Waals surface area (Å²) < 4.78 is 11.7. The van der Waals surface area contributed by atoms with Crippen molar-refractivity contribution in [2.75, 3.05) is 6.79 Å². The molecule has 1 aliphatic heterocycles. The van der Waals surface area contributed by atoms with Crippen molar-refractivity contribution in [3.63, 3.8) is 0 Å². The summed E-state index contributed by atoms with van der Waals surface area (Å²) in [6.45, 7) is 0.266. The standard InChI is InChI=1S/C19H12N2O2/c1-3-7-12-10(5-1)14-16(20-12)17-15(19-18(14)22-9-23-19)11-6-2-4-8-13(11)21-17/h1-8,20-21H,9H2. The normalized spacial score (nSPS) is 13.7. The van der Waals surface area contributed by atoms with Crippen molar-refractivity contribution in [3.05, 3.63) is 48.5 Å². The Balaban J connectivity index is 2.00. The zero-order valence-corrected chi connectivity index (χ0v) is 12.1. The largest absolute Gasteiger partial charge is 0.453 e. The Bertz CT molecular complexity index is 1150. The third kappa shape index (κ3) is 1.27. The van der Waals surface area contributed by atoms with Crippen LogP contribution in [0.25, 0.3) is 43.6 Å². The molecule has 0 bridgehead atoms. The molecule has 0 spiro atoms. The molecule has 3 heterocycles. The molecule has 0 saturated carbocycles. The van der Waals surface area contributed by atoms with Crippen molar-refractivity contribution < 1.29 is 9.47 Å². The van der Waals surface area contributed by atoms with Crippen LogP contribution in [-0.4, -0.2) is 16.8 Å². The molecule has 6 rings (SSSR count). The predicted molar refractivity (Wildman–Crippen MR) is 91.3 cm³/mol. The Morgan fingerprint density at radius 1 is 0.652 bits per heavy atom. The van der Waals surface area contributed by atoms with Gasteiger partial charge < -0.3 is 19.4 Å². The highest BCUT2D eigenvalue weighted by Gasteiger charge is 2.26. The molecule has 0 amide bonds. The summed E-state index contributed by atoms with van der Waals surface area (Å²) in [6, 6.07) is 16.6. The molecule has 0 saturated heterocycles. The molecule has 4 nitrogen and oxygen atoms in total. The van der Waals surface area contributed by atoms with E-state index >= 15 is 0 Å². The zero-order chi connectivity index (χ0) is 15.0. The van der Waals surface area contributed by atoms with Gasteiger partial charge in [-0.25, -0.2) is 0 Å². The Hall–Kier alpha value is -3.14. The fourth-order valence-electron chi connectivity index (χ4n) is 3.78. The Morgan fingerprint density at radius 3 is 1.65 bits per heavy atom. The number of fused-ring (bicyclic) bond motifs is 10. The molecule has 3 aromatic carbocycles. The van der Waals surface area contributed by atoms with Crippen molar-refractivity contribution in [1.29, 1.82) is 0 Å². The number of benzene rings is 3. The number of para-hydroxylation sites is 2. The van der Waals surface area contributed by atoms with Gasteiger partial charge in [0.2, 0.25) is 6.79 Å². The third-order valence-corrected chi connectivity index (χ3v) is 4.73. The van der Waals surface area contributed by atoms with Gasteiger partial charge in [-0.2, -0.15) is 0 Å². The minimum absolute atomic E-state index is 0.266. The highest BCUT2D eigenvalue weighted by Crippen LogP contribution is 2.50. The van der Waals surface area contributed by atoms with Crippen molar-refractivity contribution in [1.82, 2.24) is 9.97 Å². The monoisotopic (exact) mass is 300 g/mol. The molecule has 0 fully saturated rings. The van der Waals surface area contributed by atoms with Crippen molar-refractivity contribution >= 4 is 43.6 Å². The maximum atomic E-state index is 5.85. The van der Waals surface area contributed by atoms with Gasteiger partial charge in [0.05, 0.1) is 21.8 Å². The van der Waals surface area contributed by atoms with Gasteiger partial charge in [0.15, 0.2) is 11.5 Å². The van der Waals surface area contributed by atoms with Crippen LogP contribution in [-0.2, 0) is 0 Å². The van der Waals surface area contributed by atoms with E-state index in [1.54, 1.807) is 0 Å². The molecule has 23 heavy (non-hydrogen) atoms. The molecule has 110 valence electrons. The van der Waals surface area contributed by atoms with Crippen LogP contribution in [0.1, 0.15) is 0 Å². The lowest BCUT2D eigenvalue weighted by molar-refractivity contribution is 0.176. The molecule has 0 radical (unpaired) electrons. The first-order chi connectivity index (χ1) is 11.4. The average molecular weight is 300 g/mol. The van der Waals surface area contributed by atoms with Crippen LogP contribution < -0.4 is 9.47 Å². The van der Waals surface area contributed by atoms with Crippen LogP contribution in [0.15, 0.2) is 48.5 Å². The second-order valence-electron chi connectivity index (χ2n) is 5.91. The minimum Gasteiger partial charge on any atom is -0.453 e. The van der Waals surface area contributed by atoms with Gasteiger partial charge in [0.25, 0.3) is 0 Å². The van der Waals surface area contributed by atoms with E-state index in [0.717, 1.165) is 55.1 Å². The Morgan fingerprint density at radius 2 is 1.13 bits per heavy atom. The van der Waals surface area contributed by atoms with Gasteiger partial charge in [-0.05, 0) is 12.1 Å². The number of hydrogen-bond donors (Lipinski definition) is 2. The number of aromatic nitrogens is 2. The number of rotatable bonds is 0. The fraction of sp³-hybridized carbons (Fsp3) is 0.0526. The lowest BCUT2D eigenvalue weighted by Gasteiger charge is -2.02. The predicted octanol–water partition coefficient (Wildman–Crippen LogP) is 4.68. The van der Waals surface area contributed by atoms with Gasteiger partial charge >= 0.3 is 0 Å². The molecule has 2 N–H and O–H groups in total. The molecular weight excluding hydrogens is 288 g/mol. The van der Waals surface area contributed by atoms with Crippen molar-refractivity contribution in [2.45, 2.75) is 0 Å². The Kier molecular flexibility index (Phi) is 1.88. The van der Waals surface area contributed by atoms with E-state index in [1.807, 2.05) is 24.3 Å². The topological polar surface area (TPSA) is 50.0 Å². The van der Waals surface area contributed by atoms with E-state index in [2.05, 4.69) is 34.2 Å². The minimum atomic E-state index is 0.266. The highest BCUT2D eigenvalue weighted by molar-refractivity contribution is 6.26. The average Bonchev–Trinajstić information content (AvgIpc) is 3.28. The van der Waals surface area contributed by atoms with Crippen LogP contribution in [0, 0.1) is 0 Å². The summed E-state index contributed by atoms with van der Waals surface area (Å²) in [4.78, 5) is 7.09. The SMILES string of the molecule is c1ccc2c(c1)[nH]c1c3[nH]c4ccccc4c3c3c(c21)OCO3. The summed E-state index contributed by atoms with van der Waals surface area (Å²) in [6.07, 6.45) is 0. The van der Waals surface area contributed by atoms with Crippen LogP contribution >= 0.6 is 0 Å². The van der Waals surface area contributed by atoms with Gasteiger partial charge in [-0.15, -0.1) is 0 Å². The van der Waals surface area contributed by atoms with E-state index in [1.165, 1.54) is 0 Å². The highest BCUT2D eigenvalue weighted by atomic mass is 16.7. The lowest BCUT2D eigenvalue weighted by atomic mass is 10.1. The van der Waals surface area contributed by atoms with E-state index < -0.39 is 0 Å². The summed E-state index contributed by atoms with van der Waals surface area (Å²) in [5.41, 5.74) is 4.35. The maximum absolute atomic E-state index is 5.85. The van der Waals surface area contributed by atoms with Crippen molar-refractivity contribution in [3.8, 4) is 11.5 Å². The van der Waals surface area contributed by atoms with E-state index in [9.17, 15) is 0 Å². The van der Waals surface area contributed by atoms with Crippen LogP contribution in [0.5, 0.6) is 11.5 Å². The summed E-state index contributed by atoms with van der Waals surface area (Å²) >= 11 is 0. The molecular formula is C19H12N2O2. The number of nitrogens with one attached hydrogen (secondary N) is 2. The van der Waals surface area contributed by atoms with Gasteiger partial charge in [-0.3, -0.25) is 0 Å². The molecule has 0 unspecified atom stereocenters. The second-order valence-corrected chi connectivity index (χ2v) is 5.91. The zero-order valence-electron chi connectivity index (χ0n) is 12.1. The van der Waals surface area contributed by atoms with Crippen LogP contribution in [0.4, 0.5) is 0 Å². The first-order valence-electron chi connectivity index (χ1n) is 7.64. The first kappa shape index (κ1) is 11.4. The van der Waals surface area contributed by atoms with E-state index in [4.69, 9.17) is 9.47 Å². The van der Waals surface area contributed by atoms with E-state index in [-0.39, 0.29) is 6.79 Å².